The number of hydrogen-bond donors (Lipinski definition) is 3. The maximum Gasteiger partial charge on any atom is 0.394 e. The monoisotopic (exact) mass is 487 g/mol. The number of quaternary nitrogens is 1. The van der Waals surface area contributed by atoms with E-state index in [9.17, 15) is 9.59 Å². The first-order chi connectivity index (χ1) is 14.9. The summed E-state index contributed by atoms with van der Waals surface area (Å²) < 4.78 is 10.4. The van der Waals surface area contributed by atoms with Crippen molar-refractivity contribution in [2.45, 2.75) is 12.6 Å². The van der Waals surface area contributed by atoms with Gasteiger partial charge in [-0.05, 0) is 23.8 Å². The number of methoxy groups -OCH3 is 1. The Morgan fingerprint density at radius 3 is 2.90 bits per heavy atom. The number of esters is 1. The van der Waals surface area contributed by atoms with E-state index in [-0.39, 0.29) is 17.8 Å². The average Bonchev–Trinajstić information content (AvgIpc) is 2.79. The van der Waals surface area contributed by atoms with Gasteiger partial charge in [-0.25, -0.2) is 15.6 Å². The van der Waals surface area contributed by atoms with Crippen molar-refractivity contribution < 1.29 is 24.5 Å². The zero-order chi connectivity index (χ0) is 22.2. The van der Waals surface area contributed by atoms with Crippen LogP contribution in [0.2, 0.25) is 10.0 Å². The van der Waals surface area contributed by atoms with Gasteiger partial charge >= 0.3 is 5.97 Å². The first kappa shape index (κ1) is 23.9. The predicted octanol–water partition coefficient (Wildman–Crippen LogP) is 1.02. The molecule has 2 aliphatic heterocycles. The minimum atomic E-state index is -0.411. The lowest BCUT2D eigenvalue weighted by Crippen LogP contribution is -2.92. The van der Waals surface area contributed by atoms with E-state index < -0.39 is 5.97 Å². The summed E-state index contributed by atoms with van der Waals surface area (Å²) in [6.07, 6.45) is 3.33. The molecule has 3 rings (SSSR count). The molecule has 168 valence electrons. The van der Waals surface area contributed by atoms with Crippen molar-refractivity contribution in [3.63, 3.8) is 0 Å². The molecular weight excluding hydrogens is 463 g/mol. The number of nitrogens with one attached hydrogen (secondary N) is 2. The van der Waals surface area contributed by atoms with E-state index in [2.05, 4.69) is 20.4 Å². The molecule has 1 aromatic rings. The molecular formula is C20H25Cl2N4O4S+. The van der Waals surface area contributed by atoms with Gasteiger partial charge in [0.1, 0.15) is 5.03 Å². The molecule has 0 bridgehead atoms. The highest BCUT2D eigenvalue weighted by Crippen LogP contribution is 2.23. The molecule has 8 nitrogen and oxygen atoms in total. The molecule has 1 amide bonds. The number of nitrogens with zero attached hydrogens (tertiary/aromatic N) is 1. The number of ether oxygens (including phenoxy) is 2. The molecule has 11 heteroatoms. The van der Waals surface area contributed by atoms with E-state index in [1.165, 1.54) is 18.9 Å². The third-order valence-electron chi connectivity index (χ3n) is 4.70. The van der Waals surface area contributed by atoms with Gasteiger partial charge in [0, 0.05) is 32.3 Å². The summed E-state index contributed by atoms with van der Waals surface area (Å²) in [7, 11) is 1.33. The fraction of sp³-hybridized carbons (Fsp3) is 0.400. The zero-order valence-electron chi connectivity index (χ0n) is 17.0. The molecule has 0 saturated carbocycles. The van der Waals surface area contributed by atoms with Gasteiger partial charge < -0.3 is 14.8 Å². The Kier molecular flexibility index (Phi) is 9.06. The van der Waals surface area contributed by atoms with Crippen LogP contribution in [0.4, 0.5) is 0 Å². The summed E-state index contributed by atoms with van der Waals surface area (Å²) in [5.74, 6) is -0.236. The van der Waals surface area contributed by atoms with Crippen LogP contribution in [0.15, 0.2) is 41.1 Å². The summed E-state index contributed by atoms with van der Waals surface area (Å²) in [6.45, 7) is 3.34. The zero-order valence-corrected chi connectivity index (χ0v) is 19.4. The number of rotatable bonds is 8. The molecule has 0 radical (unpaired) electrons. The average molecular weight is 488 g/mol. The van der Waals surface area contributed by atoms with Crippen LogP contribution in [-0.4, -0.2) is 62.0 Å². The van der Waals surface area contributed by atoms with Crippen LogP contribution < -0.4 is 16.2 Å². The molecule has 4 N–H and O–H groups in total. The van der Waals surface area contributed by atoms with Crippen LogP contribution in [0.5, 0.6) is 0 Å². The highest BCUT2D eigenvalue weighted by molar-refractivity contribution is 8.03. The minimum absolute atomic E-state index is 0.0728. The molecule has 1 aromatic carbocycles. The molecule has 0 aromatic heterocycles. The van der Waals surface area contributed by atoms with E-state index in [4.69, 9.17) is 27.9 Å². The number of allylic oxidation sites excluding steroid dienone is 2. The lowest BCUT2D eigenvalue weighted by atomic mass is 10.2. The van der Waals surface area contributed by atoms with E-state index in [0.29, 0.717) is 28.9 Å². The smallest absolute Gasteiger partial charge is 0.394 e. The first-order valence-electron chi connectivity index (χ1n) is 9.72. The lowest BCUT2D eigenvalue weighted by Gasteiger charge is -2.33. The predicted molar refractivity (Wildman–Crippen MR) is 120 cm³/mol. The van der Waals surface area contributed by atoms with Crippen LogP contribution in [0, 0.1) is 0 Å². The maximum atomic E-state index is 12.2. The van der Waals surface area contributed by atoms with Crippen LogP contribution >= 0.6 is 35.0 Å². The maximum absolute atomic E-state index is 12.2. The van der Waals surface area contributed by atoms with Gasteiger partial charge in [-0.15, -0.1) is 0 Å². The Bertz CT molecular complexity index is 881. The number of halogens is 2. The Labute approximate surface area is 195 Å². The summed E-state index contributed by atoms with van der Waals surface area (Å²) in [5, 5.41) is 4.80. The standard InChI is InChI=1S/C20H24Cl2N4O4S/c1-29-20(28)17-4-5-19(25-24-17)31-12-18(27)23-9-14-11-26(6-7-30-14)10-13-2-3-15(21)16(22)8-13/h2-5,8,14,24-25H,6-7,9-12H2,1H3,(H,23,27)/p+1/t14-/m0/s1. The number of amides is 1. The summed E-state index contributed by atoms with van der Waals surface area (Å²) >= 11 is 13.4. The molecule has 0 aliphatic carbocycles. The molecule has 0 unspecified atom stereocenters. The van der Waals surface area contributed by atoms with Gasteiger partial charge in [0.25, 0.3) is 0 Å². The van der Waals surface area contributed by atoms with Crippen molar-refractivity contribution >= 4 is 46.8 Å². The van der Waals surface area contributed by atoms with Crippen molar-refractivity contribution in [3.05, 3.63) is 56.7 Å². The largest absolute Gasteiger partial charge is 0.461 e. The van der Waals surface area contributed by atoms with Gasteiger partial charge in [-0.3, -0.25) is 9.69 Å². The Balaban J connectivity index is 1.39. The molecule has 1 saturated heterocycles. The number of morpholine rings is 1. The van der Waals surface area contributed by atoms with E-state index >= 15 is 0 Å². The molecule has 1 fully saturated rings. The van der Waals surface area contributed by atoms with Crippen LogP contribution in [0.1, 0.15) is 5.56 Å². The number of carbonyl (C=O) groups is 2. The second-order valence-electron chi connectivity index (χ2n) is 7.00. The topological polar surface area (TPSA) is 96.5 Å². The van der Waals surface area contributed by atoms with E-state index in [0.717, 1.165) is 30.2 Å². The van der Waals surface area contributed by atoms with Crippen LogP contribution in [-0.2, 0) is 25.6 Å². The Morgan fingerprint density at radius 2 is 2.19 bits per heavy atom. The molecule has 2 aliphatic rings. The Hall–Kier alpha value is -1.75. The molecule has 1 atom stereocenters. The molecule has 31 heavy (non-hydrogen) atoms. The lowest BCUT2D eigenvalue weighted by molar-refractivity contribution is -0.653. The minimum Gasteiger partial charge on any atom is -0.461 e. The summed E-state index contributed by atoms with van der Waals surface area (Å²) in [6, 6.07) is 5.64. The fourth-order valence-electron chi connectivity index (χ4n) is 3.11. The van der Waals surface area contributed by atoms with E-state index in [1.54, 1.807) is 23.6 Å². The highest BCUT2D eigenvalue weighted by atomic mass is 35.5. The summed E-state index contributed by atoms with van der Waals surface area (Å²) in [5.41, 5.74) is 6.06. The SMILES string of the molecule is COC(=O)C1=CC=C(SCC(=O)NC[C@H]2CN(Cc3ccc(Cl)c(Cl)c3)CCO2)N[NH2+]1. The van der Waals surface area contributed by atoms with E-state index in [1.807, 2.05) is 12.1 Å². The normalized spacial score (nSPS) is 19.1. The third kappa shape index (κ3) is 7.41. The number of thioether (sulfide) groups is 1. The van der Waals surface area contributed by atoms with Crippen molar-refractivity contribution in [1.82, 2.24) is 15.6 Å². The third-order valence-corrected chi connectivity index (χ3v) is 6.41. The van der Waals surface area contributed by atoms with Gasteiger partial charge in [0.05, 0.1) is 35.6 Å². The van der Waals surface area contributed by atoms with Gasteiger partial charge in [0.2, 0.25) is 11.6 Å². The quantitative estimate of drug-likeness (QED) is 0.372. The number of carbonyl (C=O) groups excluding carboxylic acids is 2. The van der Waals surface area contributed by atoms with Crippen molar-refractivity contribution in [3.8, 4) is 0 Å². The second-order valence-corrected chi connectivity index (χ2v) is 8.83. The van der Waals surface area contributed by atoms with Gasteiger partial charge in [-0.2, -0.15) is 0 Å². The highest BCUT2D eigenvalue weighted by Gasteiger charge is 2.22. The number of nitrogens with two attached hydrogens (primary N) is 1. The van der Waals surface area contributed by atoms with Crippen LogP contribution in [0.25, 0.3) is 0 Å². The molecule has 0 spiro atoms. The molecule has 2 heterocycles. The Morgan fingerprint density at radius 1 is 1.35 bits per heavy atom. The van der Waals surface area contributed by atoms with Gasteiger partial charge in [-0.1, -0.05) is 41.0 Å². The van der Waals surface area contributed by atoms with Crippen molar-refractivity contribution in [2.24, 2.45) is 0 Å². The number of hydrogen-bond acceptors (Lipinski definition) is 7. The van der Waals surface area contributed by atoms with Crippen molar-refractivity contribution in [1.29, 1.82) is 0 Å². The fourth-order valence-corrected chi connectivity index (χ4v) is 4.13. The van der Waals surface area contributed by atoms with Crippen molar-refractivity contribution in [2.75, 3.05) is 39.1 Å². The van der Waals surface area contributed by atoms with Gasteiger partial charge in [0.15, 0.2) is 0 Å². The number of benzene rings is 1. The van der Waals surface area contributed by atoms with Crippen LogP contribution in [0.3, 0.4) is 0 Å². The first-order valence-corrected chi connectivity index (χ1v) is 11.5. The second kappa shape index (κ2) is 11.8. The summed E-state index contributed by atoms with van der Waals surface area (Å²) in [4.78, 5) is 25.9.